The minimum atomic E-state index is -1.30. The van der Waals surface area contributed by atoms with Crippen molar-refractivity contribution in [2.24, 2.45) is 0 Å². The Balaban J connectivity index is 2.53. The summed E-state index contributed by atoms with van der Waals surface area (Å²) in [6.07, 6.45) is 1.38. The number of carboxylic acids is 1. The third-order valence-electron chi connectivity index (χ3n) is 2.27. The predicted molar refractivity (Wildman–Crippen MR) is 74.6 cm³/mol. The van der Waals surface area contributed by atoms with E-state index >= 15 is 0 Å². The lowest BCUT2D eigenvalue weighted by Crippen LogP contribution is -2.17. The van der Waals surface area contributed by atoms with Crippen molar-refractivity contribution in [2.75, 3.05) is 0 Å². The van der Waals surface area contributed by atoms with Gasteiger partial charge in [0.1, 0.15) is 5.56 Å². The zero-order valence-electron chi connectivity index (χ0n) is 9.31. The fraction of sp³-hybridized carbons (Fsp3) is 0. The average Bonchev–Trinajstić information content (AvgIpc) is 2.33. The standard InChI is InChI=1S/C12H7Cl2NO3S/c13-6-2-1-3-7(14)10(6)19-8-4-5-15-11(16)9(8)12(17)18/h1-5H,(H,15,16)(H,17,18). The van der Waals surface area contributed by atoms with Gasteiger partial charge in [-0.25, -0.2) is 4.79 Å². The number of aromatic amines is 1. The van der Waals surface area contributed by atoms with Gasteiger partial charge in [0.05, 0.1) is 10.0 Å². The first-order valence-electron chi connectivity index (χ1n) is 5.07. The van der Waals surface area contributed by atoms with Crippen LogP contribution >= 0.6 is 35.0 Å². The van der Waals surface area contributed by atoms with Crippen LogP contribution in [0.4, 0.5) is 0 Å². The molecule has 1 aromatic heterocycles. The summed E-state index contributed by atoms with van der Waals surface area (Å²) in [6.45, 7) is 0. The van der Waals surface area contributed by atoms with Crippen LogP contribution in [0, 0.1) is 0 Å². The molecule has 0 unspecified atom stereocenters. The number of aromatic nitrogens is 1. The Morgan fingerprint density at radius 3 is 2.42 bits per heavy atom. The van der Waals surface area contributed by atoms with E-state index in [0.717, 1.165) is 11.8 Å². The lowest BCUT2D eigenvalue weighted by molar-refractivity contribution is 0.0691. The summed E-state index contributed by atoms with van der Waals surface area (Å²) in [6, 6.07) is 6.46. The summed E-state index contributed by atoms with van der Waals surface area (Å²) < 4.78 is 0. The first-order valence-corrected chi connectivity index (χ1v) is 6.65. The van der Waals surface area contributed by atoms with Crippen molar-refractivity contribution in [3.63, 3.8) is 0 Å². The number of rotatable bonds is 3. The van der Waals surface area contributed by atoms with Gasteiger partial charge in [-0.3, -0.25) is 4.79 Å². The SMILES string of the molecule is O=C(O)c1c(Sc2c(Cl)cccc2Cl)cc[nH]c1=O. The molecule has 2 rings (SSSR count). The molecule has 0 fully saturated rings. The Morgan fingerprint density at radius 2 is 1.84 bits per heavy atom. The molecule has 1 aromatic carbocycles. The summed E-state index contributed by atoms with van der Waals surface area (Å²) in [4.78, 5) is 25.7. The van der Waals surface area contributed by atoms with Crippen molar-refractivity contribution in [1.82, 2.24) is 4.98 Å². The number of halogens is 2. The summed E-state index contributed by atoms with van der Waals surface area (Å²) in [5, 5.41) is 9.86. The van der Waals surface area contributed by atoms with Crippen LogP contribution in [-0.4, -0.2) is 16.1 Å². The van der Waals surface area contributed by atoms with Gasteiger partial charge >= 0.3 is 5.97 Å². The van der Waals surface area contributed by atoms with Gasteiger partial charge in [0.2, 0.25) is 0 Å². The van der Waals surface area contributed by atoms with Crippen LogP contribution in [0.15, 0.2) is 45.0 Å². The van der Waals surface area contributed by atoms with Crippen molar-refractivity contribution in [1.29, 1.82) is 0 Å². The Labute approximate surface area is 122 Å². The molecule has 19 heavy (non-hydrogen) atoms. The molecule has 0 aliphatic rings. The second-order valence-electron chi connectivity index (χ2n) is 3.50. The van der Waals surface area contributed by atoms with Crippen LogP contribution in [0.2, 0.25) is 10.0 Å². The molecule has 0 atom stereocenters. The van der Waals surface area contributed by atoms with Crippen molar-refractivity contribution >= 4 is 40.9 Å². The van der Waals surface area contributed by atoms with E-state index in [1.807, 2.05) is 0 Å². The predicted octanol–water partition coefficient (Wildman–Crippen LogP) is 3.53. The quantitative estimate of drug-likeness (QED) is 0.909. The zero-order valence-corrected chi connectivity index (χ0v) is 11.6. The highest BCUT2D eigenvalue weighted by molar-refractivity contribution is 7.99. The molecule has 0 aliphatic heterocycles. The number of hydrogen-bond acceptors (Lipinski definition) is 3. The summed E-state index contributed by atoms with van der Waals surface area (Å²) in [7, 11) is 0. The molecule has 0 saturated heterocycles. The van der Waals surface area contributed by atoms with Gasteiger partial charge in [-0.15, -0.1) is 0 Å². The lowest BCUT2D eigenvalue weighted by Gasteiger charge is -2.08. The molecule has 0 aliphatic carbocycles. The van der Waals surface area contributed by atoms with E-state index in [0.29, 0.717) is 14.9 Å². The van der Waals surface area contributed by atoms with Gasteiger partial charge in [-0.1, -0.05) is 41.0 Å². The normalized spacial score (nSPS) is 10.4. The number of carboxylic acid groups (broad SMARTS) is 1. The average molecular weight is 316 g/mol. The van der Waals surface area contributed by atoms with Crippen LogP contribution in [0.5, 0.6) is 0 Å². The second kappa shape index (κ2) is 5.69. The summed E-state index contributed by atoms with van der Waals surface area (Å²) in [5.41, 5.74) is -0.996. The third-order valence-corrected chi connectivity index (χ3v) is 4.33. The molecule has 0 saturated carbocycles. The fourth-order valence-electron chi connectivity index (χ4n) is 1.44. The number of hydrogen-bond donors (Lipinski definition) is 2. The van der Waals surface area contributed by atoms with Crippen LogP contribution in [0.3, 0.4) is 0 Å². The number of benzene rings is 1. The van der Waals surface area contributed by atoms with Crippen molar-refractivity contribution in [2.45, 2.75) is 9.79 Å². The molecule has 0 bridgehead atoms. The first kappa shape index (κ1) is 14.0. The van der Waals surface area contributed by atoms with Gasteiger partial charge in [-0.05, 0) is 18.2 Å². The minimum Gasteiger partial charge on any atom is -0.477 e. The molecule has 0 amide bonds. The van der Waals surface area contributed by atoms with E-state index in [-0.39, 0.29) is 10.5 Å². The van der Waals surface area contributed by atoms with Crippen LogP contribution in [-0.2, 0) is 0 Å². The number of pyridine rings is 1. The fourth-order valence-corrected chi connectivity index (χ4v) is 3.04. The van der Waals surface area contributed by atoms with Crippen molar-refractivity contribution in [3.8, 4) is 0 Å². The topological polar surface area (TPSA) is 70.2 Å². The highest BCUT2D eigenvalue weighted by Crippen LogP contribution is 2.38. The Kier molecular flexibility index (Phi) is 4.19. The molecule has 2 N–H and O–H groups in total. The third kappa shape index (κ3) is 2.94. The van der Waals surface area contributed by atoms with Gasteiger partial charge in [0.25, 0.3) is 5.56 Å². The maximum atomic E-state index is 11.5. The minimum absolute atomic E-state index is 0.284. The highest BCUT2D eigenvalue weighted by Gasteiger charge is 2.17. The molecule has 2 aromatic rings. The Morgan fingerprint density at radius 1 is 1.21 bits per heavy atom. The van der Waals surface area contributed by atoms with Gasteiger partial charge in [0, 0.05) is 16.0 Å². The smallest absolute Gasteiger partial charge is 0.342 e. The highest BCUT2D eigenvalue weighted by atomic mass is 35.5. The number of carbonyl (C=O) groups is 1. The van der Waals surface area contributed by atoms with Gasteiger partial charge in [0.15, 0.2) is 0 Å². The lowest BCUT2D eigenvalue weighted by atomic mass is 10.3. The Bertz CT molecular complexity index is 679. The van der Waals surface area contributed by atoms with Gasteiger partial charge in [-0.2, -0.15) is 0 Å². The number of H-pyrrole nitrogens is 1. The second-order valence-corrected chi connectivity index (χ2v) is 5.37. The first-order chi connectivity index (χ1) is 9.00. The van der Waals surface area contributed by atoms with Crippen LogP contribution in [0.25, 0.3) is 0 Å². The molecular weight excluding hydrogens is 309 g/mol. The maximum Gasteiger partial charge on any atom is 0.342 e. The maximum absolute atomic E-state index is 11.5. The monoisotopic (exact) mass is 315 g/mol. The summed E-state index contributed by atoms with van der Waals surface area (Å²) >= 11 is 13.1. The van der Waals surface area contributed by atoms with E-state index in [2.05, 4.69) is 4.98 Å². The van der Waals surface area contributed by atoms with Gasteiger partial charge < -0.3 is 10.1 Å². The molecule has 0 spiro atoms. The Hall–Kier alpha value is -1.43. The van der Waals surface area contributed by atoms with Crippen molar-refractivity contribution in [3.05, 3.63) is 56.4 Å². The van der Waals surface area contributed by atoms with E-state index < -0.39 is 11.5 Å². The molecular formula is C12H7Cl2NO3S. The van der Waals surface area contributed by atoms with E-state index in [9.17, 15) is 9.59 Å². The molecule has 7 heteroatoms. The van der Waals surface area contributed by atoms with Crippen LogP contribution < -0.4 is 5.56 Å². The van der Waals surface area contributed by atoms with Crippen molar-refractivity contribution < 1.29 is 9.90 Å². The molecule has 0 radical (unpaired) electrons. The molecule has 4 nitrogen and oxygen atoms in total. The number of nitrogens with one attached hydrogen (secondary N) is 1. The largest absolute Gasteiger partial charge is 0.477 e. The van der Waals surface area contributed by atoms with E-state index in [4.69, 9.17) is 28.3 Å². The van der Waals surface area contributed by atoms with E-state index in [1.165, 1.54) is 12.3 Å². The van der Waals surface area contributed by atoms with E-state index in [1.54, 1.807) is 18.2 Å². The van der Waals surface area contributed by atoms with Crippen LogP contribution in [0.1, 0.15) is 10.4 Å². The molecule has 98 valence electrons. The number of aromatic carboxylic acids is 1. The summed E-state index contributed by atoms with van der Waals surface area (Å²) in [5.74, 6) is -1.30. The zero-order chi connectivity index (χ0) is 14.0. The molecule has 1 heterocycles.